The van der Waals surface area contributed by atoms with Gasteiger partial charge in [-0.2, -0.15) is 0 Å². The van der Waals surface area contributed by atoms with Crippen LogP contribution in [0.3, 0.4) is 0 Å². The molecular formula is C11H21N3O2S. The maximum atomic E-state index is 11.7. The van der Waals surface area contributed by atoms with Gasteiger partial charge in [0.25, 0.3) is 0 Å². The fraction of sp³-hybridized carbons (Fsp3) is 0.818. The molecule has 0 saturated carbocycles. The van der Waals surface area contributed by atoms with E-state index in [2.05, 4.69) is 10.6 Å². The summed E-state index contributed by atoms with van der Waals surface area (Å²) in [4.78, 5) is 24.3. The number of amides is 2. The highest BCUT2D eigenvalue weighted by Gasteiger charge is 2.17. The summed E-state index contributed by atoms with van der Waals surface area (Å²) < 4.78 is 0. The lowest BCUT2D eigenvalue weighted by molar-refractivity contribution is -0.132. The predicted molar refractivity (Wildman–Crippen MR) is 70.1 cm³/mol. The number of carbonyl (C=O) groups is 2. The Hall–Kier alpha value is -0.750. The third-order valence-electron chi connectivity index (χ3n) is 2.81. The van der Waals surface area contributed by atoms with Gasteiger partial charge in [0.05, 0.1) is 12.3 Å². The van der Waals surface area contributed by atoms with Crippen LogP contribution < -0.4 is 10.6 Å². The largest absolute Gasteiger partial charge is 0.358 e. The smallest absolute Gasteiger partial charge is 0.239 e. The highest BCUT2D eigenvalue weighted by Crippen LogP contribution is 2.20. The lowest BCUT2D eigenvalue weighted by Gasteiger charge is -2.23. The molecule has 0 unspecified atom stereocenters. The quantitative estimate of drug-likeness (QED) is 0.710. The second-order valence-electron chi connectivity index (χ2n) is 4.18. The fourth-order valence-electron chi connectivity index (χ4n) is 1.64. The Balaban J connectivity index is 2.21. The van der Waals surface area contributed by atoms with Crippen molar-refractivity contribution in [2.75, 3.05) is 39.5 Å². The lowest BCUT2D eigenvalue weighted by Crippen LogP contribution is -2.38. The molecule has 0 spiro atoms. The van der Waals surface area contributed by atoms with Gasteiger partial charge < -0.3 is 15.5 Å². The molecule has 0 aromatic rings. The molecule has 2 amide bonds. The average Bonchev–Trinajstić information content (AvgIpc) is 2.36. The van der Waals surface area contributed by atoms with Gasteiger partial charge in [0.2, 0.25) is 11.8 Å². The van der Waals surface area contributed by atoms with E-state index in [4.69, 9.17) is 0 Å². The Morgan fingerprint density at radius 1 is 1.41 bits per heavy atom. The van der Waals surface area contributed by atoms with Gasteiger partial charge >= 0.3 is 0 Å². The van der Waals surface area contributed by atoms with E-state index in [0.29, 0.717) is 11.0 Å². The van der Waals surface area contributed by atoms with E-state index in [9.17, 15) is 9.59 Å². The first-order chi connectivity index (χ1) is 8.13. The number of likely N-dealkylation sites (N-methyl/N-ethyl adjacent to an activating group) is 2. The van der Waals surface area contributed by atoms with E-state index in [-0.39, 0.29) is 18.4 Å². The van der Waals surface area contributed by atoms with Gasteiger partial charge in [0.1, 0.15) is 0 Å². The predicted octanol–water partition coefficient (Wildman–Crippen LogP) is -0.324. The summed E-state index contributed by atoms with van der Waals surface area (Å²) in [5.41, 5.74) is 0. The molecular weight excluding hydrogens is 238 g/mol. The Morgan fingerprint density at radius 2 is 2.06 bits per heavy atom. The van der Waals surface area contributed by atoms with E-state index >= 15 is 0 Å². The van der Waals surface area contributed by atoms with Gasteiger partial charge in [-0.25, -0.2) is 0 Å². The third kappa shape index (κ3) is 5.41. The molecule has 0 bridgehead atoms. The van der Waals surface area contributed by atoms with Crippen molar-refractivity contribution in [3.05, 3.63) is 0 Å². The van der Waals surface area contributed by atoms with Crippen LogP contribution in [0.1, 0.15) is 12.8 Å². The van der Waals surface area contributed by atoms with Crippen LogP contribution in [-0.4, -0.2) is 61.4 Å². The summed E-state index contributed by atoms with van der Waals surface area (Å²) >= 11 is 1.71. The van der Waals surface area contributed by atoms with Crippen molar-refractivity contribution >= 4 is 23.6 Å². The van der Waals surface area contributed by atoms with Gasteiger partial charge in [0, 0.05) is 19.3 Å². The first-order valence-electron chi connectivity index (χ1n) is 5.90. The van der Waals surface area contributed by atoms with Gasteiger partial charge in [-0.1, -0.05) is 0 Å². The van der Waals surface area contributed by atoms with Crippen molar-refractivity contribution in [3.63, 3.8) is 0 Å². The van der Waals surface area contributed by atoms with Crippen LogP contribution in [-0.2, 0) is 9.59 Å². The van der Waals surface area contributed by atoms with Crippen molar-refractivity contribution in [3.8, 4) is 0 Å². The molecule has 1 heterocycles. The minimum Gasteiger partial charge on any atom is -0.358 e. The molecule has 5 nitrogen and oxygen atoms in total. The third-order valence-corrected chi connectivity index (χ3v) is 4.17. The van der Waals surface area contributed by atoms with Crippen LogP contribution in [0.5, 0.6) is 0 Å². The molecule has 0 atom stereocenters. The number of nitrogens with one attached hydrogen (secondary N) is 2. The van der Waals surface area contributed by atoms with Crippen LogP contribution in [0.4, 0.5) is 0 Å². The molecule has 6 heteroatoms. The first-order valence-corrected chi connectivity index (χ1v) is 6.95. The Kier molecular flexibility index (Phi) is 6.36. The SMILES string of the molecule is CNC(=O)CN(C)C(=O)CSC1CCNCC1. The standard InChI is InChI=1S/C11H21N3O2S/c1-12-10(15)7-14(2)11(16)8-17-9-3-5-13-6-4-9/h9,13H,3-8H2,1-2H3,(H,12,15). The second kappa shape index (κ2) is 7.55. The molecule has 1 aliphatic heterocycles. The summed E-state index contributed by atoms with van der Waals surface area (Å²) in [5, 5.41) is 6.38. The fourth-order valence-corrected chi connectivity index (χ4v) is 2.81. The van der Waals surface area contributed by atoms with Crippen molar-refractivity contribution in [2.45, 2.75) is 18.1 Å². The average molecular weight is 259 g/mol. The zero-order chi connectivity index (χ0) is 12.7. The van der Waals surface area contributed by atoms with Crippen LogP contribution in [0.2, 0.25) is 0 Å². The topological polar surface area (TPSA) is 61.4 Å². The highest BCUT2D eigenvalue weighted by atomic mass is 32.2. The number of nitrogens with zero attached hydrogens (tertiary/aromatic N) is 1. The van der Waals surface area contributed by atoms with Crippen LogP contribution in [0.25, 0.3) is 0 Å². The van der Waals surface area contributed by atoms with E-state index in [1.165, 1.54) is 4.90 Å². The molecule has 0 aromatic heterocycles. The summed E-state index contributed by atoms with van der Waals surface area (Å²) in [6.45, 7) is 2.22. The normalized spacial score (nSPS) is 16.6. The van der Waals surface area contributed by atoms with Gasteiger partial charge in [-0.05, 0) is 25.9 Å². The Bertz CT molecular complexity index is 267. The second-order valence-corrected chi connectivity index (χ2v) is 5.47. The van der Waals surface area contributed by atoms with E-state index in [1.54, 1.807) is 25.9 Å². The Morgan fingerprint density at radius 3 is 2.65 bits per heavy atom. The van der Waals surface area contributed by atoms with Crippen molar-refractivity contribution in [1.82, 2.24) is 15.5 Å². The number of carbonyl (C=O) groups excluding carboxylic acids is 2. The summed E-state index contributed by atoms with van der Waals surface area (Å²) in [5.74, 6) is 0.364. The molecule has 2 N–H and O–H groups in total. The first kappa shape index (κ1) is 14.3. The lowest BCUT2D eigenvalue weighted by atomic mass is 10.2. The Labute approximate surface area is 107 Å². The molecule has 0 aliphatic carbocycles. The highest BCUT2D eigenvalue weighted by molar-refractivity contribution is 8.00. The molecule has 0 radical (unpaired) electrons. The minimum absolute atomic E-state index is 0.0251. The summed E-state index contributed by atoms with van der Waals surface area (Å²) in [6, 6.07) is 0. The molecule has 1 rings (SSSR count). The van der Waals surface area contributed by atoms with Crippen molar-refractivity contribution in [1.29, 1.82) is 0 Å². The zero-order valence-electron chi connectivity index (χ0n) is 10.5. The monoisotopic (exact) mass is 259 g/mol. The minimum atomic E-state index is -0.132. The van der Waals surface area contributed by atoms with Crippen molar-refractivity contribution < 1.29 is 9.59 Å². The van der Waals surface area contributed by atoms with Gasteiger partial charge in [0.15, 0.2) is 0 Å². The van der Waals surface area contributed by atoms with Crippen LogP contribution in [0, 0.1) is 0 Å². The van der Waals surface area contributed by atoms with E-state index in [1.807, 2.05) is 0 Å². The number of hydrogen-bond donors (Lipinski definition) is 2. The number of hydrogen-bond acceptors (Lipinski definition) is 4. The summed E-state index contributed by atoms with van der Waals surface area (Å²) in [7, 11) is 3.24. The van der Waals surface area contributed by atoms with E-state index in [0.717, 1.165) is 25.9 Å². The van der Waals surface area contributed by atoms with Gasteiger partial charge in [-0.3, -0.25) is 9.59 Å². The zero-order valence-corrected chi connectivity index (χ0v) is 11.3. The number of piperidine rings is 1. The maximum absolute atomic E-state index is 11.7. The molecule has 1 saturated heterocycles. The molecule has 17 heavy (non-hydrogen) atoms. The van der Waals surface area contributed by atoms with Crippen molar-refractivity contribution in [2.24, 2.45) is 0 Å². The van der Waals surface area contributed by atoms with Crippen LogP contribution in [0.15, 0.2) is 0 Å². The molecule has 1 aliphatic rings. The number of rotatable bonds is 5. The number of thioether (sulfide) groups is 1. The van der Waals surface area contributed by atoms with Crippen LogP contribution >= 0.6 is 11.8 Å². The maximum Gasteiger partial charge on any atom is 0.239 e. The van der Waals surface area contributed by atoms with Gasteiger partial charge in [-0.15, -0.1) is 11.8 Å². The summed E-state index contributed by atoms with van der Waals surface area (Å²) in [6.07, 6.45) is 2.24. The molecule has 1 fully saturated rings. The molecule has 98 valence electrons. The molecule has 0 aromatic carbocycles. The van der Waals surface area contributed by atoms with E-state index < -0.39 is 0 Å².